The molecule has 0 fully saturated rings. The van der Waals surface area contributed by atoms with Gasteiger partial charge in [0.1, 0.15) is 0 Å². The molecule has 1 rings (SSSR count). The second-order valence-corrected chi connectivity index (χ2v) is 4.14. The third-order valence-corrected chi connectivity index (χ3v) is 2.87. The zero-order valence-corrected chi connectivity index (χ0v) is 10.9. The quantitative estimate of drug-likeness (QED) is 0.657. The number of anilines is 2. The van der Waals surface area contributed by atoms with Crippen molar-refractivity contribution in [3.63, 3.8) is 0 Å². The van der Waals surface area contributed by atoms with Crippen molar-refractivity contribution in [2.75, 3.05) is 30.7 Å². The number of nitrogens with zero attached hydrogens (tertiary/aromatic N) is 1. The Labute approximate surface area is 108 Å². The van der Waals surface area contributed by atoms with Crippen molar-refractivity contribution in [1.82, 2.24) is 4.90 Å². The second-order valence-electron chi connectivity index (χ2n) is 4.14. The molecule has 0 aliphatic heterocycles. The van der Waals surface area contributed by atoms with Crippen LogP contribution in [0.1, 0.15) is 13.8 Å². The Morgan fingerprint density at radius 2 is 2.28 bits per heavy atom. The normalized spacial score (nSPS) is 12.4. The predicted molar refractivity (Wildman–Crippen MR) is 73.3 cm³/mol. The van der Waals surface area contributed by atoms with E-state index in [1.54, 1.807) is 24.3 Å². The van der Waals surface area contributed by atoms with Crippen LogP contribution in [0.15, 0.2) is 24.3 Å². The number of hydrogen-bond acceptors (Lipinski definition) is 4. The van der Waals surface area contributed by atoms with Crippen molar-refractivity contribution >= 4 is 17.3 Å². The number of nitrogens with two attached hydrogens (primary N) is 1. The van der Waals surface area contributed by atoms with Gasteiger partial charge >= 0.3 is 0 Å². The van der Waals surface area contributed by atoms with Crippen LogP contribution in [-0.2, 0) is 4.79 Å². The Kier molecular flexibility index (Phi) is 5.61. The number of carbonyl (C=O) groups is 1. The van der Waals surface area contributed by atoms with Crippen LogP contribution < -0.4 is 11.1 Å². The lowest BCUT2D eigenvalue weighted by Crippen LogP contribution is -2.43. The number of likely N-dealkylation sites (N-methyl/N-ethyl adjacent to an activating group) is 1. The first-order chi connectivity index (χ1) is 8.58. The first kappa shape index (κ1) is 14.5. The average Bonchev–Trinajstić information content (AvgIpc) is 2.35. The van der Waals surface area contributed by atoms with Gasteiger partial charge in [-0.2, -0.15) is 0 Å². The number of nitrogens with one attached hydrogen (secondary N) is 1. The van der Waals surface area contributed by atoms with Crippen LogP contribution in [0, 0.1) is 0 Å². The molecule has 0 aliphatic carbocycles. The Bertz CT molecular complexity index is 396. The maximum atomic E-state index is 12.0. The number of carbonyl (C=O) groups excluding carboxylic acids is 1. The molecule has 1 aromatic rings. The average molecular weight is 251 g/mol. The van der Waals surface area contributed by atoms with Gasteiger partial charge < -0.3 is 16.2 Å². The van der Waals surface area contributed by atoms with E-state index in [0.29, 0.717) is 24.5 Å². The maximum absolute atomic E-state index is 12.0. The minimum absolute atomic E-state index is 0.0454. The van der Waals surface area contributed by atoms with Crippen LogP contribution in [-0.4, -0.2) is 41.7 Å². The van der Waals surface area contributed by atoms with Gasteiger partial charge in [0, 0.05) is 17.9 Å². The van der Waals surface area contributed by atoms with Crippen molar-refractivity contribution in [2.45, 2.75) is 19.9 Å². The molecule has 0 aliphatic rings. The van der Waals surface area contributed by atoms with Crippen molar-refractivity contribution in [3.8, 4) is 0 Å². The SMILES string of the molecule is CCN(CCO)C(C)C(=O)Nc1cccc(N)c1. The molecule has 0 saturated carbocycles. The van der Waals surface area contributed by atoms with Crippen molar-refractivity contribution in [1.29, 1.82) is 0 Å². The molecule has 4 N–H and O–H groups in total. The first-order valence-electron chi connectivity index (χ1n) is 6.09. The maximum Gasteiger partial charge on any atom is 0.241 e. The fourth-order valence-electron chi connectivity index (χ4n) is 1.78. The van der Waals surface area contributed by atoms with Gasteiger partial charge in [-0.25, -0.2) is 0 Å². The van der Waals surface area contributed by atoms with Gasteiger partial charge in [-0.15, -0.1) is 0 Å². The highest BCUT2D eigenvalue weighted by molar-refractivity contribution is 5.94. The van der Waals surface area contributed by atoms with Gasteiger partial charge in [0.05, 0.1) is 12.6 Å². The molecule has 18 heavy (non-hydrogen) atoms. The van der Waals surface area contributed by atoms with Crippen molar-refractivity contribution in [3.05, 3.63) is 24.3 Å². The minimum Gasteiger partial charge on any atom is -0.399 e. The number of nitrogen functional groups attached to an aromatic ring is 1. The summed E-state index contributed by atoms with van der Waals surface area (Å²) in [4.78, 5) is 13.9. The van der Waals surface area contributed by atoms with Crippen LogP contribution in [0.5, 0.6) is 0 Å². The smallest absolute Gasteiger partial charge is 0.241 e. The summed E-state index contributed by atoms with van der Waals surface area (Å²) in [6.45, 7) is 5.03. The summed E-state index contributed by atoms with van der Waals surface area (Å²) in [7, 11) is 0. The predicted octanol–water partition coefficient (Wildman–Crippen LogP) is 0.910. The number of aliphatic hydroxyl groups excluding tert-OH is 1. The highest BCUT2D eigenvalue weighted by Crippen LogP contribution is 2.12. The summed E-state index contributed by atoms with van der Waals surface area (Å²) >= 11 is 0. The standard InChI is InChI=1S/C13H21N3O2/c1-3-16(7-8-17)10(2)13(18)15-12-6-4-5-11(14)9-12/h4-6,9-10,17H,3,7-8,14H2,1-2H3,(H,15,18). The van der Waals surface area contributed by atoms with E-state index < -0.39 is 0 Å². The zero-order chi connectivity index (χ0) is 13.5. The summed E-state index contributed by atoms with van der Waals surface area (Å²) in [6, 6.07) is 6.78. The van der Waals surface area contributed by atoms with Crippen LogP contribution in [0.2, 0.25) is 0 Å². The third kappa shape index (κ3) is 4.01. The molecule has 100 valence electrons. The van der Waals surface area contributed by atoms with E-state index in [2.05, 4.69) is 5.32 Å². The molecule has 0 spiro atoms. The topological polar surface area (TPSA) is 78.6 Å². The molecule has 1 unspecified atom stereocenters. The van der Waals surface area contributed by atoms with E-state index in [1.165, 1.54) is 0 Å². The van der Waals surface area contributed by atoms with Crippen LogP contribution in [0.25, 0.3) is 0 Å². The number of amides is 1. The number of hydrogen-bond donors (Lipinski definition) is 3. The lowest BCUT2D eigenvalue weighted by atomic mass is 10.2. The molecule has 1 atom stereocenters. The third-order valence-electron chi connectivity index (χ3n) is 2.87. The van der Waals surface area contributed by atoms with Gasteiger partial charge in [0.15, 0.2) is 0 Å². The number of aliphatic hydroxyl groups is 1. The highest BCUT2D eigenvalue weighted by Gasteiger charge is 2.19. The summed E-state index contributed by atoms with van der Waals surface area (Å²) in [6.07, 6.45) is 0. The van der Waals surface area contributed by atoms with Gasteiger partial charge in [0.2, 0.25) is 5.91 Å². The molecule has 0 aromatic heterocycles. The lowest BCUT2D eigenvalue weighted by molar-refractivity contribution is -0.120. The summed E-state index contributed by atoms with van der Waals surface area (Å²) in [5, 5.41) is 11.7. The van der Waals surface area contributed by atoms with E-state index in [-0.39, 0.29) is 18.6 Å². The van der Waals surface area contributed by atoms with E-state index in [4.69, 9.17) is 10.8 Å². The molecule has 0 radical (unpaired) electrons. The van der Waals surface area contributed by atoms with Crippen LogP contribution >= 0.6 is 0 Å². The molecule has 1 aromatic carbocycles. The molecular weight excluding hydrogens is 230 g/mol. The summed E-state index contributed by atoms with van der Waals surface area (Å²) < 4.78 is 0. The lowest BCUT2D eigenvalue weighted by Gasteiger charge is -2.26. The Morgan fingerprint density at radius 3 is 2.83 bits per heavy atom. The Balaban J connectivity index is 2.64. The van der Waals surface area contributed by atoms with Crippen LogP contribution in [0.3, 0.4) is 0 Å². The molecule has 0 heterocycles. The Hall–Kier alpha value is -1.59. The fourth-order valence-corrected chi connectivity index (χ4v) is 1.78. The molecule has 1 amide bonds. The van der Waals surface area contributed by atoms with Gasteiger partial charge in [-0.3, -0.25) is 9.69 Å². The largest absolute Gasteiger partial charge is 0.399 e. The molecule has 0 saturated heterocycles. The van der Waals surface area contributed by atoms with E-state index in [1.807, 2.05) is 18.7 Å². The van der Waals surface area contributed by atoms with Crippen molar-refractivity contribution in [2.24, 2.45) is 0 Å². The number of rotatable bonds is 6. The zero-order valence-electron chi connectivity index (χ0n) is 10.9. The molecule has 0 bridgehead atoms. The van der Waals surface area contributed by atoms with Crippen LogP contribution in [0.4, 0.5) is 11.4 Å². The second kappa shape index (κ2) is 6.98. The molecule has 5 nitrogen and oxygen atoms in total. The molecule has 5 heteroatoms. The Morgan fingerprint density at radius 1 is 1.56 bits per heavy atom. The summed E-state index contributed by atoms with van der Waals surface area (Å²) in [5.74, 6) is -0.101. The van der Waals surface area contributed by atoms with Gasteiger partial charge in [0.25, 0.3) is 0 Å². The molecular formula is C13H21N3O2. The minimum atomic E-state index is -0.288. The fraction of sp³-hybridized carbons (Fsp3) is 0.462. The summed E-state index contributed by atoms with van der Waals surface area (Å²) in [5.41, 5.74) is 6.95. The highest BCUT2D eigenvalue weighted by atomic mass is 16.3. The van der Waals surface area contributed by atoms with E-state index in [0.717, 1.165) is 0 Å². The first-order valence-corrected chi connectivity index (χ1v) is 6.09. The van der Waals surface area contributed by atoms with Crippen molar-refractivity contribution < 1.29 is 9.90 Å². The van der Waals surface area contributed by atoms with Gasteiger partial charge in [-0.1, -0.05) is 13.0 Å². The van der Waals surface area contributed by atoms with E-state index in [9.17, 15) is 4.79 Å². The monoisotopic (exact) mass is 251 g/mol. The number of benzene rings is 1. The van der Waals surface area contributed by atoms with E-state index >= 15 is 0 Å². The van der Waals surface area contributed by atoms with Gasteiger partial charge in [-0.05, 0) is 31.7 Å².